The zero-order valence-electron chi connectivity index (χ0n) is 17.9. The SMILES string of the molecule is COc1ccc(C2Oc3nc(SCC(C)C)nnc3-c3ccccc3N2C(C)=O)cc1. The molecule has 31 heavy (non-hydrogen) atoms. The molecule has 0 fully saturated rings. The molecule has 0 saturated heterocycles. The summed E-state index contributed by atoms with van der Waals surface area (Å²) < 4.78 is 11.6. The number of benzene rings is 2. The van der Waals surface area contributed by atoms with Crippen LogP contribution in [0.15, 0.2) is 53.7 Å². The highest BCUT2D eigenvalue weighted by Gasteiger charge is 2.34. The Morgan fingerprint density at radius 1 is 1.16 bits per heavy atom. The summed E-state index contributed by atoms with van der Waals surface area (Å²) in [7, 11) is 1.62. The van der Waals surface area contributed by atoms with E-state index in [0.717, 1.165) is 22.6 Å². The number of ether oxygens (including phenoxy) is 2. The van der Waals surface area contributed by atoms with Crippen molar-refractivity contribution in [1.29, 1.82) is 0 Å². The summed E-state index contributed by atoms with van der Waals surface area (Å²) in [6, 6.07) is 15.0. The molecular weight excluding hydrogens is 412 g/mol. The molecule has 4 rings (SSSR count). The second kappa shape index (κ2) is 8.93. The van der Waals surface area contributed by atoms with E-state index in [9.17, 15) is 4.79 Å². The smallest absolute Gasteiger partial charge is 0.247 e. The lowest BCUT2D eigenvalue weighted by atomic mass is 10.1. The van der Waals surface area contributed by atoms with Crippen LogP contribution in [-0.2, 0) is 4.79 Å². The van der Waals surface area contributed by atoms with Gasteiger partial charge in [-0.1, -0.05) is 43.8 Å². The molecular formula is C23H24N4O3S. The molecule has 1 aliphatic heterocycles. The number of hydrogen-bond acceptors (Lipinski definition) is 7. The van der Waals surface area contributed by atoms with Crippen molar-refractivity contribution in [1.82, 2.24) is 15.2 Å². The van der Waals surface area contributed by atoms with Crippen LogP contribution in [0.2, 0.25) is 0 Å². The Balaban J connectivity index is 1.85. The number of carbonyl (C=O) groups is 1. The third kappa shape index (κ3) is 4.34. The van der Waals surface area contributed by atoms with E-state index in [1.54, 1.807) is 12.0 Å². The summed E-state index contributed by atoms with van der Waals surface area (Å²) in [6.07, 6.45) is -0.703. The van der Waals surface area contributed by atoms with Gasteiger partial charge in [-0.3, -0.25) is 9.69 Å². The molecule has 1 amide bonds. The molecule has 8 heteroatoms. The van der Waals surface area contributed by atoms with Gasteiger partial charge < -0.3 is 9.47 Å². The lowest BCUT2D eigenvalue weighted by Gasteiger charge is -2.29. The number of nitrogens with zero attached hydrogens (tertiary/aromatic N) is 4. The summed E-state index contributed by atoms with van der Waals surface area (Å²) in [5, 5.41) is 9.28. The molecule has 2 heterocycles. The Hall–Kier alpha value is -3.13. The molecule has 0 spiro atoms. The first-order chi connectivity index (χ1) is 15.0. The van der Waals surface area contributed by atoms with Crippen LogP contribution >= 0.6 is 11.8 Å². The average molecular weight is 437 g/mol. The summed E-state index contributed by atoms with van der Waals surface area (Å²) >= 11 is 1.54. The van der Waals surface area contributed by atoms with Gasteiger partial charge in [-0.2, -0.15) is 4.98 Å². The van der Waals surface area contributed by atoms with Gasteiger partial charge in [0.05, 0.1) is 12.8 Å². The van der Waals surface area contributed by atoms with Crippen molar-refractivity contribution >= 4 is 23.4 Å². The van der Waals surface area contributed by atoms with Gasteiger partial charge in [0, 0.05) is 23.8 Å². The lowest BCUT2D eigenvalue weighted by molar-refractivity contribution is -0.118. The number of hydrogen-bond donors (Lipinski definition) is 0. The van der Waals surface area contributed by atoms with Crippen LogP contribution < -0.4 is 14.4 Å². The van der Waals surface area contributed by atoms with Crippen LogP contribution in [-0.4, -0.2) is 34.0 Å². The maximum atomic E-state index is 12.8. The quantitative estimate of drug-likeness (QED) is 0.535. The van der Waals surface area contributed by atoms with E-state index in [2.05, 4.69) is 29.0 Å². The third-order valence-electron chi connectivity index (χ3n) is 4.80. The zero-order chi connectivity index (χ0) is 22.0. The lowest BCUT2D eigenvalue weighted by Crippen LogP contribution is -2.36. The predicted molar refractivity (Wildman–Crippen MR) is 120 cm³/mol. The van der Waals surface area contributed by atoms with Crippen LogP contribution in [0.4, 0.5) is 5.69 Å². The van der Waals surface area contributed by atoms with Crippen LogP contribution in [0.5, 0.6) is 11.6 Å². The van der Waals surface area contributed by atoms with E-state index in [1.165, 1.54) is 18.7 Å². The van der Waals surface area contributed by atoms with Gasteiger partial charge in [-0.25, -0.2) is 0 Å². The van der Waals surface area contributed by atoms with Gasteiger partial charge in [0.2, 0.25) is 23.2 Å². The van der Waals surface area contributed by atoms with E-state index in [4.69, 9.17) is 9.47 Å². The molecule has 0 N–H and O–H groups in total. The zero-order valence-corrected chi connectivity index (χ0v) is 18.7. The van der Waals surface area contributed by atoms with Gasteiger partial charge >= 0.3 is 0 Å². The Bertz CT molecular complexity index is 1090. The molecule has 0 aliphatic carbocycles. The van der Waals surface area contributed by atoms with Gasteiger partial charge in [0.1, 0.15) is 5.75 Å². The fourth-order valence-corrected chi connectivity index (χ4v) is 4.07. The first-order valence-electron chi connectivity index (χ1n) is 10.0. The molecule has 0 radical (unpaired) electrons. The number of methoxy groups -OCH3 is 1. The summed E-state index contributed by atoms with van der Waals surface area (Å²) in [5.41, 5.74) is 2.78. The Morgan fingerprint density at radius 2 is 1.90 bits per heavy atom. The highest BCUT2D eigenvalue weighted by atomic mass is 32.2. The van der Waals surface area contributed by atoms with E-state index >= 15 is 0 Å². The largest absolute Gasteiger partial charge is 0.497 e. The van der Waals surface area contributed by atoms with Crippen LogP contribution in [0, 0.1) is 5.92 Å². The van der Waals surface area contributed by atoms with Gasteiger partial charge in [0.15, 0.2) is 5.69 Å². The monoisotopic (exact) mass is 436 g/mol. The minimum absolute atomic E-state index is 0.150. The van der Waals surface area contributed by atoms with Crippen molar-refractivity contribution < 1.29 is 14.3 Å². The first-order valence-corrected chi connectivity index (χ1v) is 11.0. The van der Waals surface area contributed by atoms with Gasteiger partial charge in [-0.15, -0.1) is 10.2 Å². The van der Waals surface area contributed by atoms with Crippen molar-refractivity contribution in [2.24, 2.45) is 5.92 Å². The fourth-order valence-electron chi connectivity index (χ4n) is 3.34. The number of fused-ring (bicyclic) bond motifs is 3. The van der Waals surface area contributed by atoms with Crippen molar-refractivity contribution in [3.8, 4) is 22.9 Å². The van der Waals surface area contributed by atoms with E-state index in [-0.39, 0.29) is 5.91 Å². The number of aromatic nitrogens is 3. The van der Waals surface area contributed by atoms with Crippen LogP contribution in [0.1, 0.15) is 32.6 Å². The summed E-state index contributed by atoms with van der Waals surface area (Å²) in [4.78, 5) is 19.1. The van der Waals surface area contributed by atoms with Gasteiger partial charge in [0.25, 0.3) is 0 Å². The Kier molecular flexibility index (Phi) is 6.08. The number of para-hydroxylation sites is 1. The number of amides is 1. The van der Waals surface area contributed by atoms with E-state index in [0.29, 0.717) is 28.3 Å². The highest BCUT2D eigenvalue weighted by molar-refractivity contribution is 7.99. The maximum absolute atomic E-state index is 12.8. The molecule has 1 unspecified atom stereocenters. The molecule has 3 aromatic rings. The molecule has 1 aliphatic rings. The Labute approximate surface area is 185 Å². The Morgan fingerprint density at radius 3 is 2.58 bits per heavy atom. The third-order valence-corrected chi connectivity index (χ3v) is 6.06. The first kappa shape index (κ1) is 21.1. The number of anilines is 1. The topological polar surface area (TPSA) is 77.4 Å². The molecule has 1 atom stereocenters. The average Bonchev–Trinajstić information content (AvgIpc) is 2.92. The standard InChI is InChI=1S/C23H24N4O3S/c1-14(2)13-31-23-24-21-20(25-26-23)18-7-5-6-8-19(18)27(15(3)28)22(30-21)16-9-11-17(29-4)12-10-16/h5-12,14,22H,13H2,1-4H3. The highest BCUT2D eigenvalue weighted by Crippen LogP contribution is 2.43. The minimum atomic E-state index is -0.703. The van der Waals surface area contributed by atoms with E-state index < -0.39 is 6.23 Å². The summed E-state index contributed by atoms with van der Waals surface area (Å²) in [5.74, 6) is 2.30. The summed E-state index contributed by atoms with van der Waals surface area (Å²) in [6.45, 7) is 5.80. The van der Waals surface area contributed by atoms with Crippen molar-refractivity contribution in [3.05, 3.63) is 54.1 Å². The molecule has 160 valence electrons. The molecule has 0 bridgehead atoms. The normalized spacial score (nSPS) is 15.0. The molecule has 0 saturated carbocycles. The number of carbonyl (C=O) groups excluding carboxylic acids is 1. The van der Waals surface area contributed by atoms with Crippen molar-refractivity contribution in [3.63, 3.8) is 0 Å². The molecule has 1 aromatic heterocycles. The van der Waals surface area contributed by atoms with Crippen LogP contribution in [0.3, 0.4) is 0 Å². The fraction of sp³-hybridized carbons (Fsp3) is 0.304. The van der Waals surface area contributed by atoms with E-state index in [1.807, 2.05) is 48.5 Å². The number of rotatable bonds is 5. The van der Waals surface area contributed by atoms with Gasteiger partial charge in [-0.05, 0) is 36.2 Å². The second-order valence-electron chi connectivity index (χ2n) is 7.60. The van der Waals surface area contributed by atoms with Crippen LogP contribution in [0.25, 0.3) is 11.3 Å². The second-order valence-corrected chi connectivity index (χ2v) is 8.59. The minimum Gasteiger partial charge on any atom is -0.497 e. The van der Waals surface area contributed by atoms with Crippen molar-refractivity contribution in [2.45, 2.75) is 32.2 Å². The maximum Gasteiger partial charge on any atom is 0.247 e. The molecule has 2 aromatic carbocycles. The number of thioether (sulfide) groups is 1. The molecule has 7 nitrogen and oxygen atoms in total. The van der Waals surface area contributed by atoms with Crippen molar-refractivity contribution in [2.75, 3.05) is 17.8 Å². The predicted octanol–water partition coefficient (Wildman–Crippen LogP) is 4.74.